The van der Waals surface area contributed by atoms with Gasteiger partial charge in [-0.05, 0) is 52.0 Å². The van der Waals surface area contributed by atoms with Gasteiger partial charge in [0.15, 0.2) is 0 Å². The van der Waals surface area contributed by atoms with Crippen molar-refractivity contribution >= 4 is 23.4 Å². The zero-order valence-corrected chi connectivity index (χ0v) is 15.7. The third-order valence-electron chi connectivity index (χ3n) is 3.76. The molecule has 0 saturated carbocycles. The molecule has 0 bridgehead atoms. The maximum Gasteiger partial charge on any atom is 0.251 e. The maximum atomic E-state index is 11.9. The first-order valence-electron chi connectivity index (χ1n) is 8.37. The van der Waals surface area contributed by atoms with E-state index in [4.69, 9.17) is 11.6 Å². The lowest BCUT2D eigenvalue weighted by Gasteiger charge is -2.30. The fraction of sp³-hybridized carbons (Fsp3) is 0.556. The Bertz CT molecular complexity index is 522. The van der Waals surface area contributed by atoms with Crippen molar-refractivity contribution in [3.05, 3.63) is 34.9 Å². The van der Waals surface area contributed by atoms with Gasteiger partial charge in [-0.25, -0.2) is 0 Å². The van der Waals surface area contributed by atoms with E-state index in [9.17, 15) is 9.59 Å². The van der Waals surface area contributed by atoms with Gasteiger partial charge in [0, 0.05) is 48.7 Å². The number of halogens is 1. The highest BCUT2D eigenvalue weighted by Gasteiger charge is 2.13. The SMILES string of the molecule is CC(C)N(CCNC(=O)CCNC(=O)c1ccc(Cl)cc1)C(C)C. The van der Waals surface area contributed by atoms with E-state index in [0.717, 1.165) is 6.54 Å². The number of nitrogens with zero attached hydrogens (tertiary/aromatic N) is 1. The molecular weight excluding hydrogens is 326 g/mol. The van der Waals surface area contributed by atoms with Crippen LogP contribution >= 0.6 is 11.6 Å². The van der Waals surface area contributed by atoms with E-state index in [1.807, 2.05) is 0 Å². The second-order valence-electron chi connectivity index (χ2n) is 6.29. The molecule has 0 heterocycles. The highest BCUT2D eigenvalue weighted by Crippen LogP contribution is 2.09. The summed E-state index contributed by atoms with van der Waals surface area (Å²) in [6, 6.07) is 7.53. The maximum absolute atomic E-state index is 11.9. The minimum atomic E-state index is -0.203. The molecule has 0 unspecified atom stereocenters. The Morgan fingerprint density at radius 1 is 1.00 bits per heavy atom. The number of benzene rings is 1. The zero-order valence-electron chi connectivity index (χ0n) is 14.9. The van der Waals surface area contributed by atoms with Crippen LogP contribution in [0.5, 0.6) is 0 Å². The first kappa shape index (κ1) is 20.5. The third-order valence-corrected chi connectivity index (χ3v) is 4.01. The molecule has 1 aromatic rings. The van der Waals surface area contributed by atoms with Crippen LogP contribution in [0.4, 0.5) is 0 Å². The Hall–Kier alpha value is -1.59. The van der Waals surface area contributed by atoms with Crippen molar-refractivity contribution < 1.29 is 9.59 Å². The topological polar surface area (TPSA) is 61.4 Å². The molecule has 0 aromatic heterocycles. The Kier molecular flexibility index (Phi) is 8.79. The van der Waals surface area contributed by atoms with Crippen molar-refractivity contribution in [3.8, 4) is 0 Å². The normalized spacial score (nSPS) is 11.2. The largest absolute Gasteiger partial charge is 0.355 e. The molecular formula is C18H28ClN3O2. The number of rotatable bonds is 9. The molecule has 0 saturated heterocycles. The summed E-state index contributed by atoms with van der Waals surface area (Å²) in [6.07, 6.45) is 0.267. The molecule has 0 spiro atoms. The smallest absolute Gasteiger partial charge is 0.251 e. The van der Waals surface area contributed by atoms with Gasteiger partial charge >= 0.3 is 0 Å². The van der Waals surface area contributed by atoms with E-state index >= 15 is 0 Å². The second kappa shape index (κ2) is 10.3. The summed E-state index contributed by atoms with van der Waals surface area (Å²) in [4.78, 5) is 26.0. The molecule has 1 rings (SSSR count). The van der Waals surface area contributed by atoms with Gasteiger partial charge in [0.2, 0.25) is 5.91 Å². The quantitative estimate of drug-likeness (QED) is 0.717. The van der Waals surface area contributed by atoms with Gasteiger partial charge in [-0.3, -0.25) is 14.5 Å². The summed E-state index contributed by atoms with van der Waals surface area (Å²) < 4.78 is 0. The molecule has 0 radical (unpaired) electrons. The van der Waals surface area contributed by atoms with Crippen molar-refractivity contribution in [1.82, 2.24) is 15.5 Å². The van der Waals surface area contributed by atoms with Crippen LogP contribution in [0.2, 0.25) is 5.02 Å². The zero-order chi connectivity index (χ0) is 18.1. The predicted octanol–water partition coefficient (Wildman–Crippen LogP) is 2.69. The molecule has 2 amide bonds. The van der Waals surface area contributed by atoms with Crippen LogP contribution in [-0.4, -0.2) is 48.4 Å². The van der Waals surface area contributed by atoms with Gasteiger partial charge in [0.25, 0.3) is 5.91 Å². The lowest BCUT2D eigenvalue weighted by Crippen LogP contribution is -2.42. The Balaban J connectivity index is 2.24. The van der Waals surface area contributed by atoms with Crippen LogP contribution in [0, 0.1) is 0 Å². The van der Waals surface area contributed by atoms with Gasteiger partial charge in [0.05, 0.1) is 0 Å². The van der Waals surface area contributed by atoms with Crippen molar-refractivity contribution in [2.24, 2.45) is 0 Å². The summed E-state index contributed by atoms with van der Waals surface area (Å²) >= 11 is 5.78. The minimum Gasteiger partial charge on any atom is -0.355 e. The minimum absolute atomic E-state index is 0.0566. The van der Waals surface area contributed by atoms with E-state index in [0.29, 0.717) is 35.8 Å². The molecule has 0 aliphatic rings. The average Bonchev–Trinajstić information content (AvgIpc) is 2.51. The van der Waals surface area contributed by atoms with Gasteiger partial charge < -0.3 is 10.6 Å². The number of nitrogens with one attached hydrogen (secondary N) is 2. The van der Waals surface area contributed by atoms with Gasteiger partial charge in [-0.2, -0.15) is 0 Å². The molecule has 24 heavy (non-hydrogen) atoms. The van der Waals surface area contributed by atoms with E-state index in [1.165, 1.54) is 0 Å². The van der Waals surface area contributed by atoms with Crippen LogP contribution < -0.4 is 10.6 Å². The summed E-state index contributed by atoms with van der Waals surface area (Å²) in [7, 11) is 0. The van der Waals surface area contributed by atoms with Gasteiger partial charge in [-0.1, -0.05) is 11.6 Å². The Morgan fingerprint density at radius 3 is 2.12 bits per heavy atom. The molecule has 2 N–H and O–H groups in total. The molecule has 0 atom stereocenters. The number of carbonyl (C=O) groups is 2. The average molecular weight is 354 g/mol. The highest BCUT2D eigenvalue weighted by atomic mass is 35.5. The van der Waals surface area contributed by atoms with Crippen molar-refractivity contribution in [2.75, 3.05) is 19.6 Å². The van der Waals surface area contributed by atoms with Crippen molar-refractivity contribution in [2.45, 2.75) is 46.2 Å². The van der Waals surface area contributed by atoms with Crippen LogP contribution in [0.1, 0.15) is 44.5 Å². The van der Waals surface area contributed by atoms with Crippen molar-refractivity contribution in [1.29, 1.82) is 0 Å². The van der Waals surface area contributed by atoms with Gasteiger partial charge in [-0.15, -0.1) is 0 Å². The summed E-state index contributed by atoms with van der Waals surface area (Å²) in [5.41, 5.74) is 0.532. The molecule has 1 aromatic carbocycles. The molecule has 0 fully saturated rings. The van der Waals surface area contributed by atoms with E-state index in [-0.39, 0.29) is 18.2 Å². The summed E-state index contributed by atoms with van der Waals surface area (Å²) in [6.45, 7) is 10.3. The Labute approximate surface area is 149 Å². The number of hydrogen-bond acceptors (Lipinski definition) is 3. The summed E-state index contributed by atoms with van der Waals surface area (Å²) in [5, 5.41) is 6.21. The van der Waals surface area contributed by atoms with Crippen LogP contribution in [-0.2, 0) is 4.79 Å². The second-order valence-corrected chi connectivity index (χ2v) is 6.72. The van der Waals surface area contributed by atoms with E-state index in [1.54, 1.807) is 24.3 Å². The monoisotopic (exact) mass is 353 g/mol. The number of hydrogen-bond donors (Lipinski definition) is 2. The molecule has 6 heteroatoms. The molecule has 0 aliphatic carbocycles. The Morgan fingerprint density at radius 2 is 1.58 bits per heavy atom. The molecule has 5 nitrogen and oxygen atoms in total. The number of carbonyl (C=O) groups excluding carboxylic acids is 2. The lowest BCUT2D eigenvalue weighted by molar-refractivity contribution is -0.121. The predicted molar refractivity (Wildman–Crippen MR) is 98.4 cm³/mol. The van der Waals surface area contributed by atoms with Crippen LogP contribution in [0.15, 0.2) is 24.3 Å². The lowest BCUT2D eigenvalue weighted by atomic mass is 10.2. The third kappa shape index (κ3) is 7.32. The fourth-order valence-corrected chi connectivity index (χ4v) is 2.64. The van der Waals surface area contributed by atoms with E-state index < -0.39 is 0 Å². The van der Waals surface area contributed by atoms with E-state index in [2.05, 4.69) is 43.2 Å². The van der Waals surface area contributed by atoms with Crippen molar-refractivity contribution in [3.63, 3.8) is 0 Å². The van der Waals surface area contributed by atoms with Crippen LogP contribution in [0.3, 0.4) is 0 Å². The highest BCUT2D eigenvalue weighted by molar-refractivity contribution is 6.30. The summed E-state index contributed by atoms with van der Waals surface area (Å²) in [5.74, 6) is -0.260. The fourth-order valence-electron chi connectivity index (χ4n) is 2.52. The standard InChI is InChI=1S/C18H28ClN3O2/c1-13(2)22(14(3)4)12-11-20-17(23)9-10-21-18(24)15-5-7-16(19)8-6-15/h5-8,13-14H,9-12H2,1-4H3,(H,20,23)(H,21,24). The van der Waals surface area contributed by atoms with Gasteiger partial charge in [0.1, 0.15) is 0 Å². The number of amides is 2. The first-order valence-corrected chi connectivity index (χ1v) is 8.75. The molecule has 0 aliphatic heterocycles. The van der Waals surface area contributed by atoms with Crippen LogP contribution in [0.25, 0.3) is 0 Å². The molecule has 134 valence electrons. The first-order chi connectivity index (χ1) is 11.3.